The minimum atomic E-state index is -0.572. The second-order valence-corrected chi connectivity index (χ2v) is 5.51. The average Bonchev–Trinajstić information content (AvgIpc) is 2.35. The smallest absolute Gasteiger partial charge is 0.254 e. The summed E-state index contributed by atoms with van der Waals surface area (Å²) >= 11 is 8.99. The third-order valence-corrected chi connectivity index (χ3v) is 4.13. The minimum Gasteiger partial charge on any atom is -0.349 e. The number of nitrogens with one attached hydrogen (secondary N) is 2. The van der Waals surface area contributed by atoms with Gasteiger partial charge in [-0.15, -0.1) is 0 Å². The summed E-state index contributed by atoms with van der Waals surface area (Å²) < 4.78 is 14.1. The summed E-state index contributed by atoms with van der Waals surface area (Å²) in [6, 6.07) is 2.65. The van der Waals surface area contributed by atoms with Gasteiger partial charge < -0.3 is 10.6 Å². The number of carbonyl (C=O) groups excluding carboxylic acids is 1. The average molecular weight is 336 g/mol. The van der Waals surface area contributed by atoms with Gasteiger partial charge in [0.2, 0.25) is 0 Å². The highest BCUT2D eigenvalue weighted by molar-refractivity contribution is 9.10. The first-order valence-electron chi connectivity index (χ1n) is 5.74. The molecule has 98 valence electrons. The van der Waals surface area contributed by atoms with Gasteiger partial charge in [0.15, 0.2) is 0 Å². The predicted molar refractivity (Wildman–Crippen MR) is 72.5 cm³/mol. The van der Waals surface area contributed by atoms with Gasteiger partial charge in [-0.1, -0.05) is 11.6 Å². The van der Waals surface area contributed by atoms with Crippen LogP contribution in [0.2, 0.25) is 5.02 Å². The van der Waals surface area contributed by atoms with Crippen LogP contribution in [0.5, 0.6) is 0 Å². The van der Waals surface area contributed by atoms with Gasteiger partial charge in [0.05, 0.1) is 10.6 Å². The van der Waals surface area contributed by atoms with E-state index in [9.17, 15) is 9.18 Å². The van der Waals surface area contributed by atoms with Crippen LogP contribution in [-0.2, 0) is 0 Å². The van der Waals surface area contributed by atoms with E-state index in [1.54, 1.807) is 0 Å². The van der Waals surface area contributed by atoms with Crippen molar-refractivity contribution in [1.82, 2.24) is 10.6 Å². The van der Waals surface area contributed by atoms with Crippen LogP contribution in [0.1, 0.15) is 23.2 Å². The topological polar surface area (TPSA) is 41.1 Å². The van der Waals surface area contributed by atoms with E-state index in [1.807, 2.05) is 0 Å². The van der Waals surface area contributed by atoms with E-state index >= 15 is 0 Å². The Morgan fingerprint density at radius 3 is 2.78 bits per heavy atom. The first-order chi connectivity index (χ1) is 8.58. The Balaban J connectivity index is 2.10. The van der Waals surface area contributed by atoms with Crippen molar-refractivity contribution in [2.75, 3.05) is 13.1 Å². The van der Waals surface area contributed by atoms with E-state index in [-0.39, 0.29) is 11.6 Å². The first kappa shape index (κ1) is 13.8. The molecule has 0 aliphatic carbocycles. The molecule has 1 saturated heterocycles. The van der Waals surface area contributed by atoms with Crippen molar-refractivity contribution in [3.8, 4) is 0 Å². The molecule has 0 saturated carbocycles. The number of rotatable bonds is 2. The van der Waals surface area contributed by atoms with E-state index in [0.29, 0.717) is 9.50 Å². The zero-order chi connectivity index (χ0) is 13.1. The zero-order valence-corrected chi connectivity index (χ0v) is 11.9. The summed E-state index contributed by atoms with van der Waals surface area (Å²) in [5.41, 5.74) is -0.0123. The predicted octanol–water partition coefficient (Wildman–Crippen LogP) is 2.72. The molecule has 0 aromatic heterocycles. The van der Waals surface area contributed by atoms with Crippen LogP contribution in [-0.4, -0.2) is 25.0 Å². The number of halogens is 3. The molecule has 6 heteroatoms. The standard InChI is InChI=1S/C12H13BrClFN2O/c13-9-6-11(15)8(5-10(9)14)12(18)17-7-1-3-16-4-2-7/h5-7,16H,1-4H2,(H,17,18). The lowest BCUT2D eigenvalue weighted by Crippen LogP contribution is -2.42. The summed E-state index contributed by atoms with van der Waals surface area (Å²) in [6.45, 7) is 1.74. The first-order valence-corrected chi connectivity index (χ1v) is 6.91. The van der Waals surface area contributed by atoms with Gasteiger partial charge in [-0.25, -0.2) is 4.39 Å². The summed E-state index contributed by atoms with van der Waals surface area (Å²) in [5.74, 6) is -0.980. The van der Waals surface area contributed by atoms with Gasteiger partial charge in [-0.2, -0.15) is 0 Å². The quantitative estimate of drug-likeness (QED) is 0.816. The highest BCUT2D eigenvalue weighted by Gasteiger charge is 2.19. The van der Waals surface area contributed by atoms with E-state index in [1.165, 1.54) is 12.1 Å². The molecule has 0 radical (unpaired) electrons. The molecule has 0 atom stereocenters. The fourth-order valence-corrected chi connectivity index (χ4v) is 2.41. The van der Waals surface area contributed by atoms with Crippen LogP contribution in [0, 0.1) is 5.82 Å². The van der Waals surface area contributed by atoms with Crippen molar-refractivity contribution in [2.45, 2.75) is 18.9 Å². The Labute approximate surface area is 118 Å². The van der Waals surface area contributed by atoms with Gasteiger partial charge in [0.25, 0.3) is 5.91 Å². The maximum Gasteiger partial charge on any atom is 0.254 e. The molecular weight excluding hydrogens is 322 g/mol. The van der Waals surface area contributed by atoms with Crippen molar-refractivity contribution in [3.05, 3.63) is 33.0 Å². The lowest BCUT2D eigenvalue weighted by Gasteiger charge is -2.23. The third-order valence-electron chi connectivity index (χ3n) is 2.93. The second-order valence-electron chi connectivity index (χ2n) is 4.24. The third kappa shape index (κ3) is 3.22. The molecular formula is C12H13BrClFN2O. The number of amides is 1. The van der Waals surface area contributed by atoms with Gasteiger partial charge in [-0.3, -0.25) is 4.79 Å². The summed E-state index contributed by atoms with van der Waals surface area (Å²) in [6.07, 6.45) is 1.72. The van der Waals surface area contributed by atoms with Crippen LogP contribution in [0.3, 0.4) is 0 Å². The summed E-state index contributed by atoms with van der Waals surface area (Å²) in [4.78, 5) is 12.0. The number of hydrogen-bond acceptors (Lipinski definition) is 2. The highest BCUT2D eigenvalue weighted by atomic mass is 79.9. The molecule has 1 aromatic rings. The maximum absolute atomic E-state index is 13.7. The summed E-state index contributed by atoms with van der Waals surface area (Å²) in [7, 11) is 0. The van der Waals surface area contributed by atoms with Crippen molar-refractivity contribution in [3.63, 3.8) is 0 Å². The summed E-state index contributed by atoms with van der Waals surface area (Å²) in [5, 5.41) is 6.36. The molecule has 0 bridgehead atoms. The Hall–Kier alpha value is -0.650. The molecule has 0 unspecified atom stereocenters. The van der Waals surface area contributed by atoms with Crippen LogP contribution in [0.15, 0.2) is 16.6 Å². The largest absolute Gasteiger partial charge is 0.349 e. The Morgan fingerprint density at radius 2 is 2.11 bits per heavy atom. The van der Waals surface area contributed by atoms with Crippen molar-refractivity contribution >= 4 is 33.4 Å². The van der Waals surface area contributed by atoms with Gasteiger partial charge in [0.1, 0.15) is 5.82 Å². The van der Waals surface area contributed by atoms with Crippen LogP contribution in [0.4, 0.5) is 4.39 Å². The molecule has 1 fully saturated rings. The number of carbonyl (C=O) groups is 1. The van der Waals surface area contributed by atoms with Crippen LogP contribution in [0.25, 0.3) is 0 Å². The van der Waals surface area contributed by atoms with E-state index in [4.69, 9.17) is 11.6 Å². The molecule has 1 amide bonds. The molecule has 1 aromatic carbocycles. The van der Waals surface area contributed by atoms with Gasteiger partial charge in [-0.05, 0) is 54.0 Å². The highest BCUT2D eigenvalue weighted by Crippen LogP contribution is 2.25. The molecule has 3 nitrogen and oxygen atoms in total. The fraction of sp³-hybridized carbons (Fsp3) is 0.417. The molecule has 1 aliphatic heterocycles. The van der Waals surface area contributed by atoms with E-state index in [2.05, 4.69) is 26.6 Å². The Kier molecular flexibility index (Phi) is 4.59. The maximum atomic E-state index is 13.7. The van der Waals surface area contributed by atoms with Crippen LogP contribution >= 0.6 is 27.5 Å². The lowest BCUT2D eigenvalue weighted by molar-refractivity contribution is 0.0925. The molecule has 2 N–H and O–H groups in total. The molecule has 1 heterocycles. The molecule has 1 aliphatic rings. The van der Waals surface area contributed by atoms with Gasteiger partial charge in [0, 0.05) is 10.5 Å². The molecule has 0 spiro atoms. The van der Waals surface area contributed by atoms with Crippen molar-refractivity contribution < 1.29 is 9.18 Å². The van der Waals surface area contributed by atoms with Crippen LogP contribution < -0.4 is 10.6 Å². The normalized spacial score (nSPS) is 16.6. The second kappa shape index (κ2) is 5.99. The molecule has 2 rings (SSSR count). The lowest BCUT2D eigenvalue weighted by atomic mass is 10.1. The molecule has 18 heavy (non-hydrogen) atoms. The number of benzene rings is 1. The zero-order valence-electron chi connectivity index (χ0n) is 9.60. The number of hydrogen-bond donors (Lipinski definition) is 2. The van der Waals surface area contributed by atoms with Gasteiger partial charge >= 0.3 is 0 Å². The number of piperidine rings is 1. The SMILES string of the molecule is O=C(NC1CCNCC1)c1cc(Cl)c(Br)cc1F. The Morgan fingerprint density at radius 1 is 1.44 bits per heavy atom. The fourth-order valence-electron chi connectivity index (χ4n) is 1.93. The monoisotopic (exact) mass is 334 g/mol. The van der Waals surface area contributed by atoms with E-state index < -0.39 is 11.7 Å². The van der Waals surface area contributed by atoms with Crippen molar-refractivity contribution in [1.29, 1.82) is 0 Å². The van der Waals surface area contributed by atoms with Crippen molar-refractivity contribution in [2.24, 2.45) is 0 Å². The van der Waals surface area contributed by atoms with E-state index in [0.717, 1.165) is 25.9 Å². The minimum absolute atomic E-state index is 0.0123. The Bertz CT molecular complexity index is 464.